The highest BCUT2D eigenvalue weighted by molar-refractivity contribution is 6.21. The second kappa shape index (κ2) is 7.23. The van der Waals surface area contributed by atoms with Crippen LogP contribution in [0.15, 0.2) is 24.3 Å². The molecule has 1 aromatic rings. The number of benzene rings is 1. The van der Waals surface area contributed by atoms with E-state index >= 15 is 0 Å². The van der Waals surface area contributed by atoms with Crippen molar-refractivity contribution in [1.82, 2.24) is 4.90 Å². The highest BCUT2D eigenvalue weighted by Gasteiger charge is 2.46. The van der Waals surface area contributed by atoms with Crippen LogP contribution in [0.1, 0.15) is 18.9 Å². The van der Waals surface area contributed by atoms with E-state index in [9.17, 15) is 14.4 Å². The van der Waals surface area contributed by atoms with Gasteiger partial charge in [-0.1, -0.05) is 12.1 Å². The summed E-state index contributed by atoms with van der Waals surface area (Å²) in [7, 11) is 0. The molecular formula is C18H24N3O4+. The quantitative estimate of drug-likeness (QED) is 0.781. The number of carbonyl (C=O) groups excluding carboxylic acids is 3. The van der Waals surface area contributed by atoms with Gasteiger partial charge in [-0.3, -0.25) is 14.5 Å². The first-order chi connectivity index (χ1) is 12.0. The minimum atomic E-state index is -0.364. The van der Waals surface area contributed by atoms with Crippen LogP contribution < -0.4 is 9.80 Å². The second-order valence-electron chi connectivity index (χ2n) is 6.51. The van der Waals surface area contributed by atoms with Crippen molar-refractivity contribution in [2.45, 2.75) is 26.3 Å². The van der Waals surface area contributed by atoms with Crippen molar-refractivity contribution in [1.29, 1.82) is 0 Å². The van der Waals surface area contributed by atoms with Gasteiger partial charge in [-0.25, -0.2) is 9.69 Å². The molecule has 2 heterocycles. The van der Waals surface area contributed by atoms with Gasteiger partial charge >= 0.3 is 6.09 Å². The number of ether oxygens (including phenoxy) is 1. The molecule has 0 aliphatic carbocycles. The molecule has 7 nitrogen and oxygen atoms in total. The Morgan fingerprint density at radius 2 is 2.00 bits per heavy atom. The molecule has 0 bridgehead atoms. The average Bonchev–Trinajstić information content (AvgIpc) is 2.90. The van der Waals surface area contributed by atoms with E-state index < -0.39 is 0 Å². The maximum absolute atomic E-state index is 12.8. The van der Waals surface area contributed by atoms with Crippen molar-refractivity contribution in [2.75, 3.05) is 37.7 Å². The first-order valence-electron chi connectivity index (χ1n) is 8.71. The summed E-state index contributed by atoms with van der Waals surface area (Å²) in [6.45, 7) is 6.43. The standard InChI is InChI=1S/C18H23N3O4/c1-3-25-18(24)20-9-7-19(8-10-20)15-12-16(22)21(17(15)23)14-6-4-5-13(2)11-14/h4-6,11,15H,3,7-10,12H2,1-2H3/p+1/t15-/m0/s1. The van der Waals surface area contributed by atoms with E-state index in [4.69, 9.17) is 4.74 Å². The van der Waals surface area contributed by atoms with Crippen molar-refractivity contribution < 1.29 is 24.0 Å². The summed E-state index contributed by atoms with van der Waals surface area (Å²) in [5.74, 6) is -0.295. The Bertz CT molecular complexity index is 683. The van der Waals surface area contributed by atoms with Gasteiger partial charge < -0.3 is 9.64 Å². The minimum Gasteiger partial charge on any atom is -0.450 e. The first kappa shape index (κ1) is 17.4. The third-order valence-corrected chi connectivity index (χ3v) is 4.83. The maximum atomic E-state index is 12.8. The molecule has 2 fully saturated rings. The Balaban J connectivity index is 1.66. The Morgan fingerprint density at radius 3 is 2.64 bits per heavy atom. The van der Waals surface area contributed by atoms with Gasteiger partial charge in [0.1, 0.15) is 0 Å². The fourth-order valence-corrected chi connectivity index (χ4v) is 3.53. The minimum absolute atomic E-state index is 0.143. The van der Waals surface area contributed by atoms with Gasteiger partial charge in [-0.2, -0.15) is 0 Å². The van der Waals surface area contributed by atoms with Gasteiger partial charge in [0.25, 0.3) is 5.91 Å². The van der Waals surface area contributed by atoms with E-state index in [1.807, 2.05) is 25.1 Å². The van der Waals surface area contributed by atoms with Crippen LogP contribution in [0.25, 0.3) is 0 Å². The summed E-state index contributed by atoms with van der Waals surface area (Å²) in [5, 5.41) is 0. The number of nitrogens with one attached hydrogen (secondary N) is 1. The molecular weight excluding hydrogens is 322 g/mol. The predicted octanol–water partition coefficient (Wildman–Crippen LogP) is -0.0161. The molecule has 0 radical (unpaired) electrons. The van der Waals surface area contributed by atoms with Gasteiger partial charge in [0.2, 0.25) is 5.91 Å². The van der Waals surface area contributed by atoms with Gasteiger partial charge in [0, 0.05) is 0 Å². The maximum Gasteiger partial charge on any atom is 0.410 e. The summed E-state index contributed by atoms with van der Waals surface area (Å²) < 4.78 is 5.01. The average molecular weight is 346 g/mol. The third kappa shape index (κ3) is 3.51. The van der Waals surface area contributed by atoms with Crippen LogP contribution in [-0.4, -0.2) is 61.6 Å². The molecule has 1 N–H and O–H groups in total. The number of anilines is 1. The highest BCUT2D eigenvalue weighted by Crippen LogP contribution is 2.22. The van der Waals surface area contributed by atoms with Crippen molar-refractivity contribution in [3.63, 3.8) is 0 Å². The molecule has 2 aliphatic rings. The molecule has 0 unspecified atom stereocenters. The topological polar surface area (TPSA) is 71.4 Å². The van der Waals surface area contributed by atoms with Crippen LogP contribution in [0.2, 0.25) is 0 Å². The van der Waals surface area contributed by atoms with Crippen LogP contribution in [0, 0.1) is 6.92 Å². The lowest BCUT2D eigenvalue weighted by Gasteiger charge is -2.33. The molecule has 3 amide bonds. The van der Waals surface area contributed by atoms with Gasteiger partial charge in [-0.05, 0) is 31.5 Å². The smallest absolute Gasteiger partial charge is 0.410 e. The summed E-state index contributed by atoms with van der Waals surface area (Å²) in [5.41, 5.74) is 1.65. The molecule has 0 saturated carbocycles. The number of piperazine rings is 1. The Hall–Kier alpha value is -2.41. The van der Waals surface area contributed by atoms with Crippen molar-refractivity contribution in [3.05, 3.63) is 29.8 Å². The normalized spacial score (nSPS) is 21.8. The largest absolute Gasteiger partial charge is 0.450 e. The van der Waals surface area contributed by atoms with Crippen molar-refractivity contribution in [2.24, 2.45) is 0 Å². The molecule has 1 aromatic carbocycles. The summed E-state index contributed by atoms with van der Waals surface area (Å²) in [4.78, 5) is 41.0. The Labute approximate surface area is 147 Å². The van der Waals surface area contributed by atoms with Crippen LogP contribution in [0.4, 0.5) is 10.5 Å². The van der Waals surface area contributed by atoms with Gasteiger partial charge in [-0.15, -0.1) is 0 Å². The summed E-state index contributed by atoms with van der Waals surface area (Å²) in [6.07, 6.45) is -0.0848. The highest BCUT2D eigenvalue weighted by atomic mass is 16.6. The van der Waals surface area contributed by atoms with Crippen LogP contribution in [-0.2, 0) is 14.3 Å². The SMILES string of the molecule is CCOC(=O)N1CC[NH+]([C@H]2CC(=O)N(c3cccc(C)c3)C2=O)CC1. The molecule has 134 valence electrons. The number of hydrogen-bond acceptors (Lipinski definition) is 4. The molecule has 2 saturated heterocycles. The molecule has 3 rings (SSSR count). The molecule has 0 spiro atoms. The molecule has 7 heteroatoms. The van der Waals surface area contributed by atoms with Gasteiger partial charge in [0.15, 0.2) is 6.04 Å². The number of amides is 3. The van der Waals surface area contributed by atoms with Crippen molar-refractivity contribution >= 4 is 23.6 Å². The lowest BCUT2D eigenvalue weighted by atomic mass is 10.1. The lowest BCUT2D eigenvalue weighted by Crippen LogP contribution is -3.19. The van der Waals surface area contributed by atoms with Crippen LogP contribution in [0.3, 0.4) is 0 Å². The number of quaternary nitrogens is 1. The summed E-state index contributed by atoms with van der Waals surface area (Å²) in [6, 6.07) is 7.07. The van der Waals surface area contributed by atoms with Gasteiger partial charge in [0.05, 0.1) is 44.9 Å². The second-order valence-corrected chi connectivity index (χ2v) is 6.51. The van der Waals surface area contributed by atoms with Crippen molar-refractivity contribution in [3.8, 4) is 0 Å². The molecule has 1 atom stereocenters. The van der Waals surface area contributed by atoms with E-state index in [1.54, 1.807) is 17.9 Å². The van der Waals surface area contributed by atoms with E-state index in [0.717, 1.165) is 10.5 Å². The zero-order valence-electron chi connectivity index (χ0n) is 14.7. The molecule has 25 heavy (non-hydrogen) atoms. The zero-order valence-corrected chi connectivity index (χ0v) is 14.7. The Morgan fingerprint density at radius 1 is 1.28 bits per heavy atom. The number of hydrogen-bond donors (Lipinski definition) is 1. The van der Waals surface area contributed by atoms with E-state index in [0.29, 0.717) is 38.5 Å². The number of imide groups is 1. The molecule has 2 aliphatic heterocycles. The lowest BCUT2D eigenvalue weighted by molar-refractivity contribution is -0.918. The van der Waals surface area contributed by atoms with E-state index in [-0.39, 0.29) is 30.4 Å². The predicted molar refractivity (Wildman–Crippen MR) is 91.4 cm³/mol. The fraction of sp³-hybridized carbons (Fsp3) is 0.500. The van der Waals surface area contributed by atoms with E-state index in [1.165, 1.54) is 4.90 Å². The molecule has 0 aromatic heterocycles. The summed E-state index contributed by atoms with van der Waals surface area (Å²) >= 11 is 0. The van der Waals surface area contributed by atoms with Crippen LogP contribution in [0.5, 0.6) is 0 Å². The number of rotatable bonds is 3. The monoisotopic (exact) mass is 346 g/mol. The zero-order chi connectivity index (χ0) is 18.0. The Kier molecular flexibility index (Phi) is 5.03. The fourth-order valence-electron chi connectivity index (χ4n) is 3.53. The number of carbonyl (C=O) groups is 3. The third-order valence-electron chi connectivity index (χ3n) is 4.83. The van der Waals surface area contributed by atoms with E-state index in [2.05, 4.69) is 0 Å². The number of nitrogens with zero attached hydrogens (tertiary/aromatic N) is 2. The van der Waals surface area contributed by atoms with Crippen LogP contribution >= 0.6 is 0 Å². The number of aryl methyl sites for hydroxylation is 1. The first-order valence-corrected chi connectivity index (χ1v) is 8.71.